The highest BCUT2D eigenvalue weighted by molar-refractivity contribution is 9.10. The fourth-order valence-corrected chi connectivity index (χ4v) is 3.31. The number of carbonyl (C=O) groups excluding carboxylic acids is 2. The summed E-state index contributed by atoms with van der Waals surface area (Å²) in [6.45, 7) is 4.34. The van der Waals surface area contributed by atoms with E-state index in [0.717, 1.165) is 5.56 Å². The molecule has 6 heteroatoms. The predicted octanol–water partition coefficient (Wildman–Crippen LogP) is 5.66. The molecule has 148 valence electrons. The van der Waals surface area contributed by atoms with Gasteiger partial charge in [-0.25, -0.2) is 0 Å². The third-order valence-corrected chi connectivity index (χ3v) is 4.88. The summed E-state index contributed by atoms with van der Waals surface area (Å²) >= 11 is 3.42. The number of nitrogens with one attached hydrogen (secondary N) is 2. The largest absolute Gasteiger partial charge is 0.493 e. The Morgan fingerprint density at radius 3 is 2.24 bits per heavy atom. The van der Waals surface area contributed by atoms with E-state index in [0.29, 0.717) is 39.3 Å². The van der Waals surface area contributed by atoms with Gasteiger partial charge in [0.15, 0.2) is 0 Å². The van der Waals surface area contributed by atoms with E-state index in [4.69, 9.17) is 4.74 Å². The van der Waals surface area contributed by atoms with Crippen molar-refractivity contribution in [1.29, 1.82) is 0 Å². The second kappa shape index (κ2) is 9.39. The molecule has 0 fully saturated rings. The molecule has 2 N–H and O–H groups in total. The fraction of sp³-hybridized carbons (Fsp3) is 0.130. The molecule has 0 aromatic heterocycles. The first-order chi connectivity index (χ1) is 14.0. The van der Waals surface area contributed by atoms with Gasteiger partial charge in [0.05, 0.1) is 11.1 Å². The molecule has 0 bridgehead atoms. The van der Waals surface area contributed by atoms with Crippen LogP contribution in [0.5, 0.6) is 5.75 Å². The van der Waals surface area contributed by atoms with Gasteiger partial charge in [0, 0.05) is 22.5 Å². The zero-order valence-corrected chi connectivity index (χ0v) is 17.7. The van der Waals surface area contributed by atoms with Gasteiger partial charge in [-0.3, -0.25) is 9.59 Å². The average molecular weight is 453 g/mol. The van der Waals surface area contributed by atoms with Crippen LogP contribution in [0.15, 0.2) is 71.2 Å². The Hall–Kier alpha value is -3.12. The third kappa shape index (κ3) is 5.23. The highest BCUT2D eigenvalue weighted by Gasteiger charge is 2.11. The van der Waals surface area contributed by atoms with Gasteiger partial charge >= 0.3 is 0 Å². The summed E-state index contributed by atoms with van der Waals surface area (Å²) in [7, 11) is 0. The molecule has 0 atom stereocenters. The van der Waals surface area contributed by atoms with Crippen LogP contribution in [0.3, 0.4) is 0 Å². The Labute approximate surface area is 178 Å². The minimum Gasteiger partial charge on any atom is -0.493 e. The van der Waals surface area contributed by atoms with Crippen LogP contribution in [-0.2, 0) is 0 Å². The van der Waals surface area contributed by atoms with Crippen LogP contribution in [0, 0.1) is 6.92 Å². The second-order valence-electron chi connectivity index (χ2n) is 6.38. The molecule has 5 nitrogen and oxygen atoms in total. The summed E-state index contributed by atoms with van der Waals surface area (Å²) < 4.78 is 6.18. The lowest BCUT2D eigenvalue weighted by molar-refractivity contribution is 0.101. The molecule has 0 unspecified atom stereocenters. The monoisotopic (exact) mass is 452 g/mol. The van der Waals surface area contributed by atoms with Gasteiger partial charge in [-0.15, -0.1) is 0 Å². The van der Waals surface area contributed by atoms with Gasteiger partial charge in [-0.1, -0.05) is 24.3 Å². The standard InChI is InChI=1S/C23H21BrN2O3/c1-3-29-21-12-11-16(13-20(21)24)22(27)25-17-8-6-9-18(14-17)26-23(28)19-10-5-4-7-15(19)2/h4-14H,3H2,1-2H3,(H,25,27)(H,26,28). The van der Waals surface area contributed by atoms with Crippen molar-refractivity contribution in [2.75, 3.05) is 17.2 Å². The molecule has 0 radical (unpaired) electrons. The molecule has 3 rings (SSSR count). The number of hydrogen-bond acceptors (Lipinski definition) is 3. The van der Waals surface area contributed by atoms with Crippen LogP contribution in [0.2, 0.25) is 0 Å². The van der Waals surface area contributed by atoms with Gasteiger partial charge in [-0.05, 0) is 77.8 Å². The molecule has 3 aromatic rings. The van der Waals surface area contributed by atoms with Crippen molar-refractivity contribution < 1.29 is 14.3 Å². The van der Waals surface area contributed by atoms with Crippen LogP contribution in [0.1, 0.15) is 33.2 Å². The van der Waals surface area contributed by atoms with Gasteiger partial charge in [-0.2, -0.15) is 0 Å². The molecule has 0 saturated carbocycles. The normalized spacial score (nSPS) is 10.3. The summed E-state index contributed by atoms with van der Waals surface area (Å²) in [5.74, 6) is 0.239. The fourth-order valence-electron chi connectivity index (χ4n) is 2.82. The first kappa shape index (κ1) is 20.6. The summed E-state index contributed by atoms with van der Waals surface area (Å²) in [5.41, 5.74) is 3.19. The van der Waals surface area contributed by atoms with Gasteiger partial charge in [0.25, 0.3) is 11.8 Å². The zero-order chi connectivity index (χ0) is 20.8. The lowest BCUT2D eigenvalue weighted by Crippen LogP contribution is -2.14. The van der Waals surface area contributed by atoms with Crippen molar-refractivity contribution in [1.82, 2.24) is 0 Å². The molecule has 0 heterocycles. The summed E-state index contributed by atoms with van der Waals surface area (Å²) in [6, 6.07) is 19.6. The van der Waals surface area contributed by atoms with Gasteiger partial charge in [0.2, 0.25) is 0 Å². The minimum absolute atomic E-state index is 0.193. The molecular weight excluding hydrogens is 432 g/mol. The summed E-state index contributed by atoms with van der Waals surface area (Å²) in [4.78, 5) is 25.1. The van der Waals surface area contributed by atoms with Crippen molar-refractivity contribution in [3.05, 3.63) is 87.9 Å². The quantitative estimate of drug-likeness (QED) is 0.506. The number of carbonyl (C=O) groups is 2. The Kier molecular flexibility index (Phi) is 6.67. The van der Waals surface area contributed by atoms with Crippen LogP contribution >= 0.6 is 15.9 Å². The number of aryl methyl sites for hydroxylation is 1. The number of ether oxygens (including phenoxy) is 1. The third-order valence-electron chi connectivity index (χ3n) is 4.26. The van der Waals surface area contributed by atoms with E-state index < -0.39 is 0 Å². The van der Waals surface area contributed by atoms with Crippen molar-refractivity contribution in [3.63, 3.8) is 0 Å². The van der Waals surface area contributed by atoms with Crippen molar-refractivity contribution in [2.24, 2.45) is 0 Å². The first-order valence-electron chi connectivity index (χ1n) is 9.18. The molecular formula is C23H21BrN2O3. The Balaban J connectivity index is 1.71. The highest BCUT2D eigenvalue weighted by atomic mass is 79.9. The highest BCUT2D eigenvalue weighted by Crippen LogP contribution is 2.26. The molecule has 0 aliphatic carbocycles. The molecule has 2 amide bonds. The SMILES string of the molecule is CCOc1ccc(C(=O)Nc2cccc(NC(=O)c3ccccc3C)c2)cc1Br. The molecule has 0 spiro atoms. The number of benzene rings is 3. The zero-order valence-electron chi connectivity index (χ0n) is 16.2. The van der Waals surface area contributed by atoms with Gasteiger partial charge in [0.1, 0.15) is 5.75 Å². The van der Waals surface area contributed by atoms with E-state index in [9.17, 15) is 9.59 Å². The van der Waals surface area contributed by atoms with E-state index >= 15 is 0 Å². The van der Waals surface area contributed by atoms with E-state index in [1.807, 2.05) is 32.0 Å². The topological polar surface area (TPSA) is 67.4 Å². The predicted molar refractivity (Wildman–Crippen MR) is 119 cm³/mol. The average Bonchev–Trinajstić information content (AvgIpc) is 2.70. The van der Waals surface area contributed by atoms with Gasteiger partial charge < -0.3 is 15.4 Å². The number of rotatable bonds is 6. The van der Waals surface area contributed by atoms with E-state index in [1.54, 1.807) is 48.5 Å². The maximum Gasteiger partial charge on any atom is 0.255 e. The van der Waals surface area contributed by atoms with Crippen molar-refractivity contribution in [2.45, 2.75) is 13.8 Å². The number of anilines is 2. The summed E-state index contributed by atoms with van der Waals surface area (Å²) in [6.07, 6.45) is 0. The van der Waals surface area contributed by atoms with Crippen LogP contribution < -0.4 is 15.4 Å². The maximum absolute atomic E-state index is 12.6. The molecule has 29 heavy (non-hydrogen) atoms. The minimum atomic E-state index is -0.254. The molecule has 0 saturated heterocycles. The van der Waals surface area contributed by atoms with Crippen LogP contribution in [0.25, 0.3) is 0 Å². The smallest absolute Gasteiger partial charge is 0.255 e. The Morgan fingerprint density at radius 2 is 1.59 bits per heavy atom. The Morgan fingerprint density at radius 1 is 0.897 bits per heavy atom. The molecule has 0 aliphatic heterocycles. The number of halogens is 1. The van der Waals surface area contributed by atoms with E-state index in [-0.39, 0.29) is 11.8 Å². The number of hydrogen-bond donors (Lipinski definition) is 2. The Bertz CT molecular complexity index is 1050. The van der Waals surface area contributed by atoms with E-state index in [2.05, 4.69) is 26.6 Å². The van der Waals surface area contributed by atoms with Crippen LogP contribution in [-0.4, -0.2) is 18.4 Å². The van der Waals surface area contributed by atoms with Crippen molar-refractivity contribution in [3.8, 4) is 5.75 Å². The summed E-state index contributed by atoms with van der Waals surface area (Å²) in [5, 5.41) is 5.72. The lowest BCUT2D eigenvalue weighted by atomic mass is 10.1. The lowest BCUT2D eigenvalue weighted by Gasteiger charge is -2.11. The maximum atomic E-state index is 12.6. The van der Waals surface area contributed by atoms with Crippen molar-refractivity contribution >= 4 is 39.1 Å². The second-order valence-corrected chi connectivity index (χ2v) is 7.24. The number of amides is 2. The van der Waals surface area contributed by atoms with Crippen LogP contribution in [0.4, 0.5) is 11.4 Å². The first-order valence-corrected chi connectivity index (χ1v) is 9.98. The molecule has 0 aliphatic rings. The molecule has 3 aromatic carbocycles. The van der Waals surface area contributed by atoms with E-state index in [1.165, 1.54) is 0 Å².